The zero-order chi connectivity index (χ0) is 22.7. The van der Waals surface area contributed by atoms with Gasteiger partial charge in [-0.1, -0.05) is 16.3 Å². The standard InChI is InChI=1S/C14H7F2N6.C5H2NO3S.Ni/c15-10-1-3-11(4-2-10)22-13-9(6-19-22)5-17-14(20-13)21-7-12(16)18-8-21;7-3-4-1-2-5(10-4)6(8)9;/h1-4,6-8H;1-2H;/q2*-1;+2. The van der Waals surface area contributed by atoms with Crippen molar-refractivity contribution in [1.29, 1.82) is 0 Å². The second kappa shape index (κ2) is 10.1. The first-order valence-electron chi connectivity index (χ1n) is 8.66. The van der Waals surface area contributed by atoms with Gasteiger partial charge in [-0.3, -0.25) is 19.8 Å². The SMILES string of the molecule is Fc1ccc(-n2ncc3[c-]nc(-n4cnc(F)c4)nc32)cc1.O=[C-]c1ccc([N+](=O)[O-])s1.[Ni+2]. The van der Waals surface area contributed by atoms with Crippen LogP contribution < -0.4 is 0 Å². The monoisotopic (exact) mass is 511 g/mol. The molecular weight excluding hydrogens is 503 g/mol. The van der Waals surface area contributed by atoms with E-state index in [4.69, 9.17) is 0 Å². The normalized spacial score (nSPS) is 10.2. The van der Waals surface area contributed by atoms with Crippen molar-refractivity contribution in [1.82, 2.24) is 29.3 Å². The Hall–Kier alpha value is -3.90. The van der Waals surface area contributed by atoms with Gasteiger partial charge in [-0.15, -0.1) is 11.3 Å². The van der Waals surface area contributed by atoms with Gasteiger partial charge in [-0.2, -0.15) is 10.5 Å². The van der Waals surface area contributed by atoms with Crippen molar-refractivity contribution in [3.63, 3.8) is 0 Å². The summed E-state index contributed by atoms with van der Waals surface area (Å²) in [5.74, 6) is -0.750. The van der Waals surface area contributed by atoms with Crippen molar-refractivity contribution in [3.05, 3.63) is 88.1 Å². The molecule has 0 bridgehead atoms. The minimum Gasteiger partial charge on any atom is -0.417 e. The molecule has 0 N–H and O–H groups in total. The number of aromatic nitrogens is 6. The van der Waals surface area contributed by atoms with Gasteiger partial charge in [0, 0.05) is 6.29 Å². The smallest absolute Gasteiger partial charge is 0.417 e. The fourth-order valence-corrected chi connectivity index (χ4v) is 3.15. The Morgan fingerprint density at radius 2 is 1.91 bits per heavy atom. The van der Waals surface area contributed by atoms with Crippen molar-refractivity contribution in [2.45, 2.75) is 0 Å². The van der Waals surface area contributed by atoms with Crippen molar-refractivity contribution in [2.75, 3.05) is 0 Å². The number of hydrogen-bond donors (Lipinski definition) is 0. The summed E-state index contributed by atoms with van der Waals surface area (Å²) in [6.45, 7) is 0. The van der Waals surface area contributed by atoms with Crippen LogP contribution in [0.5, 0.6) is 0 Å². The van der Waals surface area contributed by atoms with Gasteiger partial charge in [0.2, 0.25) is 5.95 Å². The summed E-state index contributed by atoms with van der Waals surface area (Å²) in [5, 5.41) is 14.8. The number of benzene rings is 1. The van der Waals surface area contributed by atoms with Gasteiger partial charge in [0.1, 0.15) is 11.8 Å². The number of imidazole rings is 1. The molecule has 4 aromatic heterocycles. The summed E-state index contributed by atoms with van der Waals surface area (Å²) in [5.41, 5.74) is 1.12. The first-order valence-corrected chi connectivity index (χ1v) is 9.48. The first kappa shape index (κ1) is 23.8. The van der Waals surface area contributed by atoms with E-state index in [1.54, 1.807) is 24.6 Å². The average molecular weight is 512 g/mol. The Kier molecular flexibility index (Phi) is 7.31. The van der Waals surface area contributed by atoms with Crippen molar-refractivity contribution in [3.8, 4) is 11.6 Å². The second-order valence-electron chi connectivity index (χ2n) is 6.01. The van der Waals surface area contributed by atoms with E-state index in [1.807, 2.05) is 0 Å². The Labute approximate surface area is 197 Å². The van der Waals surface area contributed by atoms with Crippen LogP contribution in [0.25, 0.3) is 22.7 Å². The molecule has 168 valence electrons. The average Bonchev–Trinajstić information content (AvgIpc) is 3.53. The van der Waals surface area contributed by atoms with Gasteiger partial charge in [0.25, 0.3) is 0 Å². The molecule has 0 aliphatic rings. The Morgan fingerprint density at radius 1 is 1.15 bits per heavy atom. The Bertz CT molecular complexity index is 1420. The van der Waals surface area contributed by atoms with E-state index in [0.717, 1.165) is 17.5 Å². The third kappa shape index (κ3) is 5.30. The number of fused-ring (bicyclic) bond motifs is 1. The maximum Gasteiger partial charge on any atom is 2.00 e. The third-order valence-electron chi connectivity index (χ3n) is 3.95. The van der Waals surface area contributed by atoms with E-state index in [0.29, 0.717) is 16.7 Å². The van der Waals surface area contributed by atoms with Crippen LogP contribution in [0.3, 0.4) is 0 Å². The van der Waals surface area contributed by atoms with Crippen molar-refractivity contribution < 1.29 is 35.0 Å². The molecule has 4 heterocycles. The maximum atomic E-state index is 13.0. The molecule has 14 heteroatoms. The number of nitro groups is 1. The van der Waals surface area contributed by atoms with Crippen LogP contribution >= 0.6 is 11.3 Å². The molecule has 0 atom stereocenters. The number of carbonyl (C=O) groups excluding carboxylic acids is 1. The Balaban J connectivity index is 0.000000237. The van der Waals surface area contributed by atoms with Crippen LogP contribution in [-0.4, -0.2) is 40.5 Å². The van der Waals surface area contributed by atoms with Crippen LogP contribution in [0.1, 0.15) is 4.88 Å². The molecule has 0 saturated heterocycles. The number of thiophene rings is 1. The number of halogens is 2. The molecule has 0 amide bonds. The van der Waals surface area contributed by atoms with E-state index in [2.05, 4.69) is 26.2 Å². The van der Waals surface area contributed by atoms with Gasteiger partial charge in [-0.25, -0.2) is 14.5 Å². The van der Waals surface area contributed by atoms with E-state index in [9.17, 15) is 23.7 Å². The maximum absolute atomic E-state index is 13.0. The van der Waals surface area contributed by atoms with Gasteiger partial charge in [-0.05, 0) is 36.7 Å². The molecule has 0 aliphatic carbocycles. The fraction of sp³-hybridized carbons (Fsp3) is 0. The zero-order valence-corrected chi connectivity index (χ0v) is 17.8. The van der Waals surface area contributed by atoms with Crippen LogP contribution in [-0.2, 0) is 21.3 Å². The Morgan fingerprint density at radius 3 is 2.48 bits per heavy atom. The molecular formula is C19H9F2N7NiO3S. The molecule has 0 spiro atoms. The summed E-state index contributed by atoms with van der Waals surface area (Å²) in [6.07, 6.45) is 8.33. The van der Waals surface area contributed by atoms with Crippen LogP contribution in [0.15, 0.2) is 55.1 Å². The van der Waals surface area contributed by atoms with Crippen molar-refractivity contribution >= 4 is 33.7 Å². The fourth-order valence-electron chi connectivity index (χ4n) is 2.53. The molecule has 5 rings (SSSR count). The third-order valence-corrected chi connectivity index (χ3v) is 4.89. The molecule has 10 nitrogen and oxygen atoms in total. The number of nitrogens with zero attached hydrogens (tertiary/aromatic N) is 7. The van der Waals surface area contributed by atoms with Gasteiger partial charge in [0.15, 0.2) is 0 Å². The molecule has 0 unspecified atom stereocenters. The van der Waals surface area contributed by atoms with E-state index in [-0.39, 0.29) is 38.1 Å². The van der Waals surface area contributed by atoms with Gasteiger partial charge in [0.05, 0.1) is 28.8 Å². The summed E-state index contributed by atoms with van der Waals surface area (Å²) in [7, 11) is 0. The van der Waals surface area contributed by atoms with Gasteiger partial charge >= 0.3 is 21.5 Å². The van der Waals surface area contributed by atoms with Crippen LogP contribution in [0.2, 0.25) is 0 Å². The summed E-state index contributed by atoms with van der Waals surface area (Å²) >= 11 is 0.818. The molecule has 0 radical (unpaired) electrons. The van der Waals surface area contributed by atoms with E-state index in [1.165, 1.54) is 39.8 Å². The second-order valence-corrected chi connectivity index (χ2v) is 7.07. The summed E-state index contributed by atoms with van der Waals surface area (Å²) in [4.78, 5) is 31.5. The van der Waals surface area contributed by atoms with Gasteiger partial charge < -0.3 is 14.3 Å². The van der Waals surface area contributed by atoms with E-state index < -0.39 is 10.9 Å². The summed E-state index contributed by atoms with van der Waals surface area (Å²) in [6, 6.07) is 8.49. The first-order chi connectivity index (χ1) is 15.4. The molecule has 5 aromatic rings. The minimum atomic E-state index is -0.629. The predicted molar refractivity (Wildman–Crippen MR) is 108 cm³/mol. The quantitative estimate of drug-likeness (QED) is 0.157. The summed E-state index contributed by atoms with van der Waals surface area (Å²) < 4.78 is 28.9. The van der Waals surface area contributed by atoms with Crippen LogP contribution in [0.4, 0.5) is 13.8 Å². The van der Waals surface area contributed by atoms with Crippen molar-refractivity contribution in [2.24, 2.45) is 0 Å². The molecule has 0 aliphatic heterocycles. The van der Waals surface area contributed by atoms with E-state index >= 15 is 0 Å². The largest absolute Gasteiger partial charge is 2.00 e. The molecule has 0 fully saturated rings. The predicted octanol–water partition coefficient (Wildman–Crippen LogP) is 3.19. The number of rotatable bonds is 4. The topological polar surface area (TPSA) is 122 Å². The minimum absolute atomic E-state index is 0. The van der Waals surface area contributed by atoms with Crippen LogP contribution in [0, 0.1) is 28.1 Å². The molecule has 33 heavy (non-hydrogen) atoms. The molecule has 1 aromatic carbocycles. The molecule has 0 saturated carbocycles. The zero-order valence-electron chi connectivity index (χ0n) is 16.0. The number of hydrogen-bond acceptors (Lipinski definition) is 8.